The number of hydrogen-bond acceptors (Lipinski definition) is 4. The van der Waals surface area contributed by atoms with Crippen LogP contribution in [0.15, 0.2) is 6.20 Å². The van der Waals surface area contributed by atoms with Crippen LogP contribution in [0.1, 0.15) is 15.9 Å². The number of aromatic nitrogens is 1. The molecular formula is C8H2ClF3N2O3. The van der Waals surface area contributed by atoms with Gasteiger partial charge in [-0.1, -0.05) is 11.6 Å². The Kier molecular flexibility index (Phi) is 3.43. The van der Waals surface area contributed by atoms with Crippen molar-refractivity contribution in [3.05, 3.63) is 22.5 Å². The van der Waals surface area contributed by atoms with Gasteiger partial charge in [0.15, 0.2) is 5.75 Å². The van der Waals surface area contributed by atoms with Gasteiger partial charge in [0, 0.05) is 0 Å². The summed E-state index contributed by atoms with van der Waals surface area (Å²) < 4.78 is 39.6. The quantitative estimate of drug-likeness (QED) is 0.830. The molecule has 1 aromatic rings. The number of pyridine rings is 1. The number of nitriles is 1. The van der Waals surface area contributed by atoms with E-state index in [0.717, 1.165) is 0 Å². The van der Waals surface area contributed by atoms with E-state index < -0.39 is 34.4 Å². The van der Waals surface area contributed by atoms with Gasteiger partial charge in [0.1, 0.15) is 22.3 Å². The van der Waals surface area contributed by atoms with Gasteiger partial charge in [-0.15, -0.1) is 13.2 Å². The molecule has 0 radical (unpaired) electrons. The highest BCUT2D eigenvalue weighted by molar-refractivity contribution is 6.32. The first-order chi connectivity index (χ1) is 7.76. The van der Waals surface area contributed by atoms with Gasteiger partial charge in [0.05, 0.1) is 6.20 Å². The fourth-order valence-corrected chi connectivity index (χ4v) is 1.17. The summed E-state index contributed by atoms with van der Waals surface area (Å²) >= 11 is 5.33. The normalized spacial score (nSPS) is 10.8. The van der Waals surface area contributed by atoms with Crippen LogP contribution in [0.5, 0.6) is 5.75 Å². The van der Waals surface area contributed by atoms with Crippen LogP contribution in [0.2, 0.25) is 5.15 Å². The summed E-state index contributed by atoms with van der Waals surface area (Å²) in [5.74, 6) is -2.95. The number of nitrogens with zero attached hydrogens (tertiary/aromatic N) is 2. The van der Waals surface area contributed by atoms with Crippen molar-refractivity contribution in [2.24, 2.45) is 0 Å². The van der Waals surface area contributed by atoms with Crippen molar-refractivity contribution in [3.8, 4) is 11.8 Å². The summed E-state index contributed by atoms with van der Waals surface area (Å²) in [5, 5.41) is 16.5. The number of carboxylic acid groups (broad SMARTS) is 1. The van der Waals surface area contributed by atoms with Crippen LogP contribution in [0.3, 0.4) is 0 Å². The predicted octanol–water partition coefficient (Wildman–Crippen LogP) is 2.20. The molecule has 0 aliphatic heterocycles. The number of carbonyl (C=O) groups is 1. The Morgan fingerprint density at radius 2 is 2.18 bits per heavy atom. The molecule has 0 saturated carbocycles. The SMILES string of the molecule is N#Cc1cnc(Cl)c(C(=O)O)c1OC(F)(F)F. The fraction of sp³-hybridized carbons (Fsp3) is 0.125. The Balaban J connectivity index is 3.47. The molecule has 1 aromatic heterocycles. The van der Waals surface area contributed by atoms with Gasteiger partial charge in [-0.2, -0.15) is 5.26 Å². The highest BCUT2D eigenvalue weighted by Crippen LogP contribution is 2.32. The van der Waals surface area contributed by atoms with E-state index in [1.165, 1.54) is 6.07 Å². The van der Waals surface area contributed by atoms with E-state index in [0.29, 0.717) is 6.20 Å². The van der Waals surface area contributed by atoms with Gasteiger partial charge < -0.3 is 9.84 Å². The largest absolute Gasteiger partial charge is 0.573 e. The molecule has 17 heavy (non-hydrogen) atoms. The molecule has 0 spiro atoms. The van der Waals surface area contributed by atoms with Crippen molar-refractivity contribution in [1.29, 1.82) is 5.26 Å². The molecule has 0 amide bonds. The molecule has 90 valence electrons. The number of hydrogen-bond donors (Lipinski definition) is 1. The highest BCUT2D eigenvalue weighted by Gasteiger charge is 2.35. The zero-order valence-corrected chi connectivity index (χ0v) is 8.50. The van der Waals surface area contributed by atoms with Crippen LogP contribution in [0.25, 0.3) is 0 Å². The Morgan fingerprint density at radius 1 is 1.59 bits per heavy atom. The molecular weight excluding hydrogens is 265 g/mol. The van der Waals surface area contributed by atoms with Gasteiger partial charge in [0.2, 0.25) is 0 Å². The van der Waals surface area contributed by atoms with Gasteiger partial charge in [-0.05, 0) is 0 Å². The average molecular weight is 267 g/mol. The van der Waals surface area contributed by atoms with Gasteiger partial charge in [0.25, 0.3) is 0 Å². The van der Waals surface area contributed by atoms with Crippen molar-refractivity contribution in [3.63, 3.8) is 0 Å². The third-order valence-corrected chi connectivity index (χ3v) is 1.82. The van der Waals surface area contributed by atoms with Gasteiger partial charge in [-0.25, -0.2) is 9.78 Å². The smallest absolute Gasteiger partial charge is 0.477 e. The van der Waals surface area contributed by atoms with Crippen LogP contribution in [-0.2, 0) is 0 Å². The molecule has 1 heterocycles. The molecule has 0 fully saturated rings. The first-order valence-electron chi connectivity index (χ1n) is 3.84. The van der Waals surface area contributed by atoms with E-state index in [9.17, 15) is 18.0 Å². The Bertz CT molecular complexity index is 510. The van der Waals surface area contributed by atoms with Crippen LogP contribution < -0.4 is 4.74 Å². The first-order valence-corrected chi connectivity index (χ1v) is 4.21. The second-order valence-corrected chi connectivity index (χ2v) is 2.99. The summed E-state index contributed by atoms with van der Waals surface area (Å²) in [6.45, 7) is 0. The predicted molar refractivity (Wildman–Crippen MR) is 47.6 cm³/mol. The second-order valence-electron chi connectivity index (χ2n) is 2.63. The standard InChI is InChI=1S/C8H2ClF3N2O3/c9-6-4(7(15)16)5(17-8(10,11)12)3(1-13)2-14-6/h2H,(H,15,16). The lowest BCUT2D eigenvalue weighted by Crippen LogP contribution is -2.20. The maximum Gasteiger partial charge on any atom is 0.573 e. The zero-order valence-electron chi connectivity index (χ0n) is 7.75. The van der Waals surface area contributed by atoms with Crippen LogP contribution in [-0.4, -0.2) is 22.4 Å². The van der Waals surface area contributed by atoms with E-state index in [-0.39, 0.29) is 0 Å². The minimum Gasteiger partial charge on any atom is -0.477 e. The number of aromatic carboxylic acids is 1. The fourth-order valence-electron chi connectivity index (χ4n) is 0.959. The van der Waals surface area contributed by atoms with Crippen molar-refractivity contribution in [1.82, 2.24) is 4.98 Å². The molecule has 0 aromatic carbocycles. The molecule has 1 rings (SSSR count). The zero-order chi connectivity index (χ0) is 13.2. The number of ether oxygens (including phenoxy) is 1. The molecule has 0 aliphatic carbocycles. The molecule has 0 atom stereocenters. The molecule has 0 saturated heterocycles. The summed E-state index contributed by atoms with van der Waals surface area (Å²) in [5.41, 5.74) is -1.69. The van der Waals surface area contributed by atoms with Crippen LogP contribution in [0.4, 0.5) is 13.2 Å². The van der Waals surface area contributed by atoms with Crippen LogP contribution >= 0.6 is 11.6 Å². The number of carboxylic acids is 1. The third-order valence-electron chi connectivity index (χ3n) is 1.54. The topological polar surface area (TPSA) is 83.2 Å². The minimum atomic E-state index is -5.14. The third kappa shape index (κ3) is 2.98. The lowest BCUT2D eigenvalue weighted by Gasteiger charge is -2.12. The number of alkyl halides is 3. The van der Waals surface area contributed by atoms with Crippen molar-refractivity contribution < 1.29 is 27.8 Å². The number of rotatable bonds is 2. The minimum absolute atomic E-state index is 0.677. The molecule has 1 N–H and O–H groups in total. The summed E-state index contributed by atoms with van der Waals surface area (Å²) in [6.07, 6.45) is -4.45. The lowest BCUT2D eigenvalue weighted by molar-refractivity contribution is -0.274. The molecule has 9 heteroatoms. The Labute approximate surface area is 97.0 Å². The average Bonchev–Trinajstić information content (AvgIpc) is 2.15. The second kappa shape index (κ2) is 4.47. The van der Waals surface area contributed by atoms with Crippen molar-refractivity contribution in [2.45, 2.75) is 6.36 Å². The van der Waals surface area contributed by atoms with Gasteiger partial charge >= 0.3 is 12.3 Å². The van der Waals surface area contributed by atoms with Crippen molar-refractivity contribution in [2.75, 3.05) is 0 Å². The van der Waals surface area contributed by atoms with E-state index >= 15 is 0 Å². The summed E-state index contributed by atoms with van der Waals surface area (Å²) in [6, 6.07) is 1.33. The maximum atomic E-state index is 12.0. The van der Waals surface area contributed by atoms with E-state index in [2.05, 4.69) is 9.72 Å². The summed E-state index contributed by atoms with van der Waals surface area (Å²) in [4.78, 5) is 14.0. The van der Waals surface area contributed by atoms with E-state index in [1.54, 1.807) is 0 Å². The van der Waals surface area contributed by atoms with E-state index in [1.807, 2.05) is 0 Å². The lowest BCUT2D eigenvalue weighted by atomic mass is 10.2. The Hall–Kier alpha value is -2.01. The number of halogens is 4. The Morgan fingerprint density at radius 3 is 2.59 bits per heavy atom. The molecule has 0 unspecified atom stereocenters. The molecule has 0 aliphatic rings. The molecule has 5 nitrogen and oxygen atoms in total. The van der Waals surface area contributed by atoms with Crippen LogP contribution in [0, 0.1) is 11.3 Å². The van der Waals surface area contributed by atoms with Crippen molar-refractivity contribution >= 4 is 17.6 Å². The first kappa shape index (κ1) is 13.1. The maximum absolute atomic E-state index is 12.0. The monoisotopic (exact) mass is 266 g/mol. The van der Waals surface area contributed by atoms with Gasteiger partial charge in [-0.3, -0.25) is 0 Å². The molecule has 0 bridgehead atoms. The van der Waals surface area contributed by atoms with E-state index in [4.69, 9.17) is 22.0 Å². The highest BCUT2D eigenvalue weighted by atomic mass is 35.5. The summed E-state index contributed by atoms with van der Waals surface area (Å²) in [7, 11) is 0.